The molecule has 2 aromatic rings. The van der Waals surface area contributed by atoms with Gasteiger partial charge in [0.25, 0.3) is 0 Å². The number of hydrogen-bond acceptors (Lipinski definition) is 9. The Balaban J connectivity index is 1.49. The first-order valence-corrected chi connectivity index (χ1v) is 12.3. The van der Waals surface area contributed by atoms with Crippen LogP contribution < -0.4 is 15.4 Å². The second kappa shape index (κ2) is 13.8. The summed E-state index contributed by atoms with van der Waals surface area (Å²) in [6.07, 6.45) is 8.63. The molecule has 10 nitrogen and oxygen atoms in total. The van der Waals surface area contributed by atoms with Crippen molar-refractivity contribution in [2.75, 3.05) is 51.0 Å². The Hall–Kier alpha value is -2.98. The van der Waals surface area contributed by atoms with Gasteiger partial charge in [0.2, 0.25) is 5.88 Å². The Morgan fingerprint density at radius 1 is 1.23 bits per heavy atom. The van der Waals surface area contributed by atoms with Crippen molar-refractivity contribution in [3.8, 4) is 5.88 Å². The van der Waals surface area contributed by atoms with E-state index in [1.807, 2.05) is 6.92 Å². The predicted molar refractivity (Wildman–Crippen MR) is 135 cm³/mol. The molecule has 0 bridgehead atoms. The number of methoxy groups -OCH3 is 2. The molecule has 1 aliphatic rings. The first kappa shape index (κ1) is 26.6. The van der Waals surface area contributed by atoms with Crippen molar-refractivity contribution in [3.05, 3.63) is 35.8 Å². The van der Waals surface area contributed by atoms with Crippen LogP contribution in [0.1, 0.15) is 43.9 Å². The van der Waals surface area contributed by atoms with Gasteiger partial charge in [-0.25, -0.2) is 19.7 Å². The normalized spacial score (nSPS) is 14.6. The van der Waals surface area contributed by atoms with E-state index in [9.17, 15) is 9.90 Å². The summed E-state index contributed by atoms with van der Waals surface area (Å²) < 4.78 is 10.5. The van der Waals surface area contributed by atoms with Gasteiger partial charge in [0.15, 0.2) is 0 Å². The Labute approximate surface area is 207 Å². The van der Waals surface area contributed by atoms with Crippen LogP contribution in [0.15, 0.2) is 24.5 Å². The van der Waals surface area contributed by atoms with Gasteiger partial charge < -0.3 is 30.1 Å². The van der Waals surface area contributed by atoms with Crippen LogP contribution in [0.25, 0.3) is 0 Å². The van der Waals surface area contributed by atoms with Crippen molar-refractivity contribution < 1.29 is 19.4 Å². The number of carboxylic acids is 1. The number of pyridine rings is 1. The highest BCUT2D eigenvalue weighted by Gasteiger charge is 2.20. The minimum absolute atomic E-state index is 0.0621. The summed E-state index contributed by atoms with van der Waals surface area (Å²) in [5.74, 6) is 0.901. The van der Waals surface area contributed by atoms with Crippen LogP contribution in [-0.2, 0) is 22.4 Å². The number of fused-ring (bicyclic) bond motifs is 1. The average molecular weight is 487 g/mol. The molecule has 2 atom stereocenters. The summed E-state index contributed by atoms with van der Waals surface area (Å²) in [4.78, 5) is 27.2. The fourth-order valence-electron chi connectivity index (χ4n) is 4.13. The fraction of sp³-hybridized carbons (Fsp3) is 0.600. The summed E-state index contributed by atoms with van der Waals surface area (Å²) >= 11 is 0. The lowest BCUT2D eigenvalue weighted by Crippen LogP contribution is -2.38. The van der Waals surface area contributed by atoms with Crippen molar-refractivity contribution in [2.45, 2.75) is 57.6 Å². The predicted octanol–water partition coefficient (Wildman–Crippen LogP) is 2.85. The lowest BCUT2D eigenvalue weighted by atomic mass is 10.1. The van der Waals surface area contributed by atoms with E-state index in [1.165, 1.54) is 25.1 Å². The zero-order valence-corrected chi connectivity index (χ0v) is 21.0. The number of ether oxygens (including phenoxy) is 2. The quantitative estimate of drug-likeness (QED) is 0.324. The maximum absolute atomic E-state index is 11.8. The maximum atomic E-state index is 11.8. The number of carbonyl (C=O) groups is 1. The second-order valence-corrected chi connectivity index (χ2v) is 8.91. The summed E-state index contributed by atoms with van der Waals surface area (Å²) in [6, 6.07) is 3.56. The molecule has 0 saturated carbocycles. The van der Waals surface area contributed by atoms with E-state index in [2.05, 4.69) is 37.6 Å². The molecule has 35 heavy (non-hydrogen) atoms. The van der Waals surface area contributed by atoms with Gasteiger partial charge in [-0.1, -0.05) is 6.07 Å². The summed E-state index contributed by atoms with van der Waals surface area (Å²) in [7, 11) is 3.20. The molecular weight excluding hydrogens is 448 g/mol. The monoisotopic (exact) mass is 486 g/mol. The SMILES string of the molecule is COc1cnc(NC(CCN(CCCCc2ccc3c(n2)NCCC3)CC(C)OC)C(=O)O)cn1. The highest BCUT2D eigenvalue weighted by Crippen LogP contribution is 2.20. The molecule has 0 aromatic carbocycles. The molecule has 0 amide bonds. The lowest BCUT2D eigenvalue weighted by molar-refractivity contribution is -0.138. The van der Waals surface area contributed by atoms with Gasteiger partial charge in [0.1, 0.15) is 17.7 Å². The molecule has 2 aromatic heterocycles. The van der Waals surface area contributed by atoms with E-state index >= 15 is 0 Å². The maximum Gasteiger partial charge on any atom is 0.326 e. The van der Waals surface area contributed by atoms with Crippen LogP contribution in [0, 0.1) is 0 Å². The zero-order chi connectivity index (χ0) is 25.0. The van der Waals surface area contributed by atoms with Crippen molar-refractivity contribution in [3.63, 3.8) is 0 Å². The Morgan fingerprint density at radius 2 is 2.09 bits per heavy atom. The molecule has 10 heteroatoms. The van der Waals surface area contributed by atoms with Gasteiger partial charge in [-0.05, 0) is 63.6 Å². The third kappa shape index (κ3) is 8.63. The van der Waals surface area contributed by atoms with Crippen molar-refractivity contribution in [1.82, 2.24) is 19.9 Å². The molecule has 192 valence electrons. The van der Waals surface area contributed by atoms with Crippen molar-refractivity contribution in [2.24, 2.45) is 0 Å². The number of rotatable bonds is 15. The topological polar surface area (TPSA) is 122 Å². The number of aromatic nitrogens is 3. The molecule has 2 unspecified atom stereocenters. The van der Waals surface area contributed by atoms with Gasteiger partial charge in [0, 0.05) is 32.4 Å². The third-order valence-corrected chi connectivity index (χ3v) is 6.22. The Morgan fingerprint density at radius 3 is 2.80 bits per heavy atom. The van der Waals surface area contributed by atoms with Crippen molar-refractivity contribution in [1.29, 1.82) is 0 Å². The number of aliphatic carboxylic acids is 1. The highest BCUT2D eigenvalue weighted by atomic mass is 16.5. The number of hydrogen-bond donors (Lipinski definition) is 3. The number of nitrogens with one attached hydrogen (secondary N) is 2. The molecule has 3 N–H and O–H groups in total. The third-order valence-electron chi connectivity index (χ3n) is 6.22. The highest BCUT2D eigenvalue weighted by molar-refractivity contribution is 5.76. The van der Waals surface area contributed by atoms with E-state index in [-0.39, 0.29) is 6.10 Å². The van der Waals surface area contributed by atoms with E-state index < -0.39 is 12.0 Å². The number of unbranched alkanes of at least 4 members (excludes halogenated alkanes) is 1. The van der Waals surface area contributed by atoms with Crippen LogP contribution in [0.4, 0.5) is 11.6 Å². The Bertz CT molecular complexity index is 927. The summed E-state index contributed by atoms with van der Waals surface area (Å²) in [6.45, 7) is 5.25. The van der Waals surface area contributed by atoms with Crippen LogP contribution in [0.3, 0.4) is 0 Å². The van der Waals surface area contributed by atoms with E-state index in [4.69, 9.17) is 14.5 Å². The summed E-state index contributed by atoms with van der Waals surface area (Å²) in [5.41, 5.74) is 2.42. The molecular formula is C25H38N6O4. The van der Waals surface area contributed by atoms with Crippen LogP contribution in [0.2, 0.25) is 0 Å². The largest absolute Gasteiger partial charge is 0.480 e. The van der Waals surface area contributed by atoms with E-state index in [1.54, 1.807) is 7.11 Å². The average Bonchev–Trinajstić information content (AvgIpc) is 2.88. The van der Waals surface area contributed by atoms with Crippen LogP contribution in [0.5, 0.6) is 5.88 Å². The van der Waals surface area contributed by atoms with Gasteiger partial charge in [0.05, 0.1) is 25.6 Å². The van der Waals surface area contributed by atoms with Gasteiger partial charge in [-0.3, -0.25) is 0 Å². The smallest absolute Gasteiger partial charge is 0.326 e. The van der Waals surface area contributed by atoms with Gasteiger partial charge in [-0.2, -0.15) is 0 Å². The van der Waals surface area contributed by atoms with Crippen LogP contribution in [-0.4, -0.2) is 83.5 Å². The molecule has 0 fully saturated rings. The van der Waals surface area contributed by atoms with Crippen LogP contribution >= 0.6 is 0 Å². The molecule has 3 rings (SSSR count). The first-order chi connectivity index (χ1) is 17.0. The van der Waals surface area contributed by atoms with Gasteiger partial charge in [-0.15, -0.1) is 0 Å². The second-order valence-electron chi connectivity index (χ2n) is 8.91. The number of nitrogens with zero attached hydrogens (tertiary/aromatic N) is 4. The number of aryl methyl sites for hydroxylation is 2. The van der Waals surface area contributed by atoms with E-state index in [0.717, 1.165) is 63.3 Å². The molecule has 0 aliphatic carbocycles. The lowest BCUT2D eigenvalue weighted by Gasteiger charge is -2.26. The molecule has 3 heterocycles. The molecule has 0 radical (unpaired) electrons. The zero-order valence-electron chi connectivity index (χ0n) is 21.0. The fourth-order valence-corrected chi connectivity index (χ4v) is 4.13. The summed E-state index contributed by atoms with van der Waals surface area (Å²) in [5, 5.41) is 16.1. The molecule has 0 spiro atoms. The molecule has 0 saturated heterocycles. The van der Waals surface area contributed by atoms with Gasteiger partial charge >= 0.3 is 5.97 Å². The minimum atomic E-state index is -0.922. The number of anilines is 2. The molecule has 1 aliphatic heterocycles. The van der Waals surface area contributed by atoms with E-state index in [0.29, 0.717) is 24.7 Å². The number of carboxylic acid groups (broad SMARTS) is 1. The Kier molecular flexibility index (Phi) is 10.5. The minimum Gasteiger partial charge on any atom is -0.480 e. The van der Waals surface area contributed by atoms with Crippen molar-refractivity contribution >= 4 is 17.6 Å². The standard InChI is InChI=1S/C25H38N6O4/c1-18(34-2)17-31(13-5-4-8-20-10-9-19-7-6-12-26-24(19)29-20)14-11-21(25(32)33)30-22-15-28-23(35-3)16-27-22/h9-10,15-16,18,21H,4-8,11-14,17H2,1-3H3,(H,26,29)(H,27,30)(H,32,33). The first-order valence-electron chi connectivity index (χ1n) is 12.3.